The highest BCUT2D eigenvalue weighted by Gasteiger charge is 2.26. The summed E-state index contributed by atoms with van der Waals surface area (Å²) in [4.78, 5) is 9.16. The summed E-state index contributed by atoms with van der Waals surface area (Å²) < 4.78 is 26.2. The summed E-state index contributed by atoms with van der Waals surface area (Å²) in [6.07, 6.45) is 0. The molecule has 4 aromatic heterocycles. The largest absolute Gasteiger partial charge is 0.456 e. The average molecular weight is 1390 g/mol. The summed E-state index contributed by atoms with van der Waals surface area (Å²) in [7, 11) is 0. The number of hydrogen-bond acceptors (Lipinski definition) is 8. The number of furan rings is 4. The fourth-order valence-corrected chi connectivity index (χ4v) is 15.6. The lowest BCUT2D eigenvalue weighted by atomic mass is 10.0. The first kappa shape index (κ1) is 63.1. The van der Waals surface area contributed by atoms with Crippen molar-refractivity contribution < 1.29 is 17.7 Å². The predicted molar refractivity (Wildman–Crippen MR) is 449 cm³/mol. The fourth-order valence-electron chi connectivity index (χ4n) is 15.6. The van der Waals surface area contributed by atoms with Crippen molar-refractivity contribution in [2.75, 3.05) is 19.6 Å². The van der Waals surface area contributed by atoms with Crippen LogP contribution in [0.15, 0.2) is 418 Å². The zero-order chi connectivity index (χ0) is 71.4. The standard InChI is InChI=1S/C52H34N2O2.C48H32N2O2/c1-3-14-39(15-4-1)53(40-16-5-2-6-17-40)42-29-31-46-51(33-42)56-49-21-11-19-47(52(46)49)54(43-28-30-45-44-18-9-10-20-48(44)55-50(45)34-43)41-26-24-36(25-27-41)38-23-22-35-12-7-8-13-37(35)32-38;1-4-13-33(14-5-1)34-23-25-37(26-24-34)50(39-27-29-41-40-19-10-11-21-44(40)51-46(41)32-39)43-20-12-22-45-48(43)42-30-28-38(31-47(42)52-45)49(35-15-6-2-7-16-35)36-17-8-3-9-18-36/h1-34H;1-32H. The first-order valence-corrected chi connectivity index (χ1v) is 36.4. The molecule has 0 saturated heterocycles. The number of fused-ring (bicyclic) bond motifs is 13. The number of rotatable bonds is 14. The van der Waals surface area contributed by atoms with Crippen LogP contribution in [0, 0.1) is 0 Å². The molecule has 108 heavy (non-hydrogen) atoms. The smallest absolute Gasteiger partial charge is 0.137 e. The van der Waals surface area contributed by atoms with Crippen molar-refractivity contribution in [2.24, 2.45) is 0 Å². The third kappa shape index (κ3) is 11.5. The van der Waals surface area contributed by atoms with Crippen molar-refractivity contribution >= 4 is 167 Å². The van der Waals surface area contributed by atoms with Crippen LogP contribution in [-0.4, -0.2) is 0 Å². The van der Waals surface area contributed by atoms with Gasteiger partial charge in [0.05, 0.1) is 22.1 Å². The lowest BCUT2D eigenvalue weighted by Crippen LogP contribution is -2.10. The van der Waals surface area contributed by atoms with Gasteiger partial charge in [0.25, 0.3) is 0 Å². The Labute approximate surface area is 622 Å². The summed E-state index contributed by atoms with van der Waals surface area (Å²) in [6.45, 7) is 0. The third-order valence-electron chi connectivity index (χ3n) is 20.7. The summed E-state index contributed by atoms with van der Waals surface area (Å²) in [6, 6.07) is 140. The summed E-state index contributed by atoms with van der Waals surface area (Å²) in [5.41, 5.74) is 23.9. The molecule has 0 aliphatic carbocycles. The van der Waals surface area contributed by atoms with Gasteiger partial charge in [0.15, 0.2) is 0 Å². The Bertz CT molecular complexity index is 6790. The Morgan fingerprint density at radius 2 is 0.435 bits per heavy atom. The lowest BCUT2D eigenvalue weighted by molar-refractivity contribution is 0.668. The molecule has 0 radical (unpaired) electrons. The normalized spacial score (nSPS) is 11.5. The maximum Gasteiger partial charge on any atom is 0.137 e. The molecule has 0 amide bonds. The van der Waals surface area contributed by atoms with E-state index in [0.717, 1.165) is 167 Å². The van der Waals surface area contributed by atoms with E-state index in [1.165, 1.54) is 21.9 Å². The molecular formula is C100H66N4O4. The number of anilines is 12. The quantitative estimate of drug-likeness (QED) is 0.107. The van der Waals surface area contributed by atoms with Gasteiger partial charge in [-0.25, -0.2) is 0 Å². The Morgan fingerprint density at radius 1 is 0.148 bits per heavy atom. The second-order valence-electron chi connectivity index (χ2n) is 27.1. The van der Waals surface area contributed by atoms with Crippen LogP contribution in [0.4, 0.5) is 68.2 Å². The highest BCUT2D eigenvalue weighted by atomic mass is 16.3. The van der Waals surface area contributed by atoms with Gasteiger partial charge in [0.1, 0.15) is 44.7 Å². The zero-order valence-electron chi connectivity index (χ0n) is 58.5. The topological polar surface area (TPSA) is 65.5 Å². The Kier molecular flexibility index (Phi) is 15.7. The zero-order valence-corrected chi connectivity index (χ0v) is 58.5. The van der Waals surface area contributed by atoms with Gasteiger partial charge in [-0.15, -0.1) is 0 Å². The van der Waals surface area contributed by atoms with Gasteiger partial charge in [0, 0.05) is 113 Å². The van der Waals surface area contributed by atoms with Crippen LogP contribution in [-0.2, 0) is 0 Å². The van der Waals surface area contributed by atoms with Gasteiger partial charge in [-0.2, -0.15) is 0 Å². The maximum absolute atomic E-state index is 6.73. The van der Waals surface area contributed by atoms with E-state index in [-0.39, 0.29) is 0 Å². The minimum Gasteiger partial charge on any atom is -0.456 e. The summed E-state index contributed by atoms with van der Waals surface area (Å²) in [5, 5.41) is 11.1. The molecule has 0 atom stereocenters. The van der Waals surface area contributed by atoms with Crippen LogP contribution in [0.1, 0.15) is 0 Å². The molecule has 8 nitrogen and oxygen atoms in total. The molecule has 0 fully saturated rings. The summed E-state index contributed by atoms with van der Waals surface area (Å²) in [5.74, 6) is 0. The fraction of sp³-hybridized carbons (Fsp3) is 0. The maximum atomic E-state index is 6.73. The van der Waals surface area contributed by atoms with Gasteiger partial charge >= 0.3 is 0 Å². The Balaban J connectivity index is 0.000000143. The van der Waals surface area contributed by atoms with E-state index < -0.39 is 0 Å². The molecule has 8 heteroatoms. The molecule has 21 aromatic rings. The van der Waals surface area contributed by atoms with Gasteiger partial charge in [-0.3, -0.25) is 0 Å². The average Bonchev–Trinajstić information content (AvgIpc) is 1.58. The molecule has 0 bridgehead atoms. The van der Waals surface area contributed by atoms with Crippen LogP contribution in [0.5, 0.6) is 0 Å². The molecule has 21 rings (SSSR count). The van der Waals surface area contributed by atoms with Crippen molar-refractivity contribution in [3.8, 4) is 22.3 Å². The number of hydrogen-bond donors (Lipinski definition) is 0. The van der Waals surface area contributed by atoms with Crippen molar-refractivity contribution in [1.82, 2.24) is 0 Å². The Hall–Kier alpha value is -14.6. The molecule has 0 saturated carbocycles. The molecule has 0 spiro atoms. The number of nitrogens with zero attached hydrogens (tertiary/aromatic N) is 4. The molecule has 0 unspecified atom stereocenters. The molecular weight excluding hydrogens is 1320 g/mol. The Morgan fingerprint density at radius 3 is 0.870 bits per heavy atom. The molecule has 17 aromatic carbocycles. The van der Waals surface area contributed by atoms with E-state index >= 15 is 0 Å². The van der Waals surface area contributed by atoms with Gasteiger partial charge in [0.2, 0.25) is 0 Å². The monoisotopic (exact) mass is 1390 g/mol. The van der Waals surface area contributed by atoms with E-state index in [0.29, 0.717) is 0 Å². The van der Waals surface area contributed by atoms with Crippen molar-refractivity contribution in [3.63, 3.8) is 0 Å². The van der Waals surface area contributed by atoms with Crippen molar-refractivity contribution in [3.05, 3.63) is 400 Å². The first-order valence-electron chi connectivity index (χ1n) is 36.4. The molecule has 510 valence electrons. The van der Waals surface area contributed by atoms with Crippen LogP contribution in [0.25, 0.3) is 121 Å². The lowest BCUT2D eigenvalue weighted by Gasteiger charge is -2.26. The minimum absolute atomic E-state index is 0.821. The second kappa shape index (κ2) is 26.9. The van der Waals surface area contributed by atoms with Gasteiger partial charge in [-0.1, -0.05) is 212 Å². The predicted octanol–water partition coefficient (Wildman–Crippen LogP) is 29.3. The van der Waals surface area contributed by atoms with Crippen molar-refractivity contribution in [2.45, 2.75) is 0 Å². The number of para-hydroxylation sites is 6. The third-order valence-corrected chi connectivity index (χ3v) is 20.7. The molecule has 4 heterocycles. The highest BCUT2D eigenvalue weighted by Crippen LogP contribution is 2.49. The van der Waals surface area contributed by atoms with E-state index in [4.69, 9.17) is 17.7 Å². The van der Waals surface area contributed by atoms with Gasteiger partial charge < -0.3 is 37.3 Å². The molecule has 0 aliphatic heterocycles. The van der Waals surface area contributed by atoms with E-state index in [1.54, 1.807) is 0 Å². The molecule has 0 aliphatic rings. The van der Waals surface area contributed by atoms with Crippen molar-refractivity contribution in [1.29, 1.82) is 0 Å². The van der Waals surface area contributed by atoms with E-state index in [9.17, 15) is 0 Å². The van der Waals surface area contributed by atoms with Gasteiger partial charge in [-0.05, 0) is 197 Å². The highest BCUT2D eigenvalue weighted by molar-refractivity contribution is 6.17. The van der Waals surface area contributed by atoms with Crippen LogP contribution in [0.3, 0.4) is 0 Å². The van der Waals surface area contributed by atoms with Crippen LogP contribution in [0.2, 0.25) is 0 Å². The minimum atomic E-state index is 0.821. The van der Waals surface area contributed by atoms with Crippen LogP contribution >= 0.6 is 0 Å². The second-order valence-corrected chi connectivity index (χ2v) is 27.1. The van der Waals surface area contributed by atoms with E-state index in [1.807, 2.05) is 54.6 Å². The van der Waals surface area contributed by atoms with Crippen LogP contribution < -0.4 is 19.6 Å². The first-order chi connectivity index (χ1) is 53.5. The molecule has 0 N–H and O–H groups in total. The summed E-state index contributed by atoms with van der Waals surface area (Å²) >= 11 is 0. The SMILES string of the molecule is c1ccc(-c2ccc(N(c3ccc4c(c3)oc3ccccc34)c3cccc4oc5cc(N(c6ccccc6)c6ccccc6)ccc5c34)cc2)cc1.c1ccc(N(c2ccccc2)c2ccc3c(c2)oc2cccc(N(c4ccc(-c5ccc6ccccc6c5)cc4)c4ccc5c(c4)oc4ccccc45)c23)cc1. The number of benzene rings is 17. The van der Waals surface area contributed by atoms with E-state index in [2.05, 4.69) is 365 Å².